The van der Waals surface area contributed by atoms with Gasteiger partial charge in [-0.25, -0.2) is 0 Å². The van der Waals surface area contributed by atoms with E-state index in [4.69, 9.17) is 9.47 Å². The van der Waals surface area contributed by atoms with Crippen molar-refractivity contribution in [2.24, 2.45) is 5.92 Å². The van der Waals surface area contributed by atoms with E-state index in [-0.39, 0.29) is 0 Å². The Morgan fingerprint density at radius 2 is 1.94 bits per heavy atom. The second kappa shape index (κ2) is 5.41. The van der Waals surface area contributed by atoms with Crippen LogP contribution in [0.1, 0.15) is 24.3 Å². The minimum absolute atomic E-state index is 0.669. The molecule has 1 aromatic carbocycles. The van der Waals surface area contributed by atoms with Gasteiger partial charge in [-0.15, -0.1) is 0 Å². The first-order valence-electron chi connectivity index (χ1n) is 6.16. The fourth-order valence-corrected chi connectivity index (χ4v) is 2.60. The normalized spacial score (nSPS) is 23.0. The Morgan fingerprint density at radius 1 is 1.18 bits per heavy atom. The highest BCUT2D eigenvalue weighted by atomic mass is 16.5. The van der Waals surface area contributed by atoms with Crippen molar-refractivity contribution in [2.45, 2.75) is 18.8 Å². The van der Waals surface area contributed by atoms with E-state index in [1.165, 1.54) is 18.4 Å². The summed E-state index contributed by atoms with van der Waals surface area (Å²) >= 11 is 0. The smallest absolute Gasteiger partial charge is 0.160 e. The van der Waals surface area contributed by atoms with Crippen LogP contribution in [0.15, 0.2) is 18.2 Å². The van der Waals surface area contributed by atoms with Crippen molar-refractivity contribution in [2.75, 3.05) is 27.8 Å². The first-order valence-corrected chi connectivity index (χ1v) is 6.16. The van der Waals surface area contributed by atoms with Crippen LogP contribution >= 0.6 is 0 Å². The molecule has 0 amide bonds. The predicted octanol–water partition coefficient (Wildman–Crippen LogP) is 2.42. The van der Waals surface area contributed by atoms with E-state index < -0.39 is 0 Å². The lowest BCUT2D eigenvalue weighted by Crippen LogP contribution is -2.32. The molecule has 2 atom stereocenters. The molecule has 3 heteroatoms. The van der Waals surface area contributed by atoms with E-state index >= 15 is 0 Å². The van der Waals surface area contributed by atoms with Crippen LogP contribution in [0.2, 0.25) is 0 Å². The SMILES string of the molecule is CNCC1CCC1c1ccc(OC)c(OC)c1. The minimum atomic E-state index is 0.669. The fraction of sp³-hybridized carbons (Fsp3) is 0.571. The van der Waals surface area contributed by atoms with Crippen LogP contribution in [0.5, 0.6) is 11.5 Å². The van der Waals surface area contributed by atoms with Gasteiger partial charge in [0, 0.05) is 0 Å². The summed E-state index contributed by atoms with van der Waals surface area (Å²) in [5.41, 5.74) is 1.37. The molecule has 0 saturated heterocycles. The Morgan fingerprint density at radius 3 is 2.47 bits per heavy atom. The first-order chi connectivity index (χ1) is 8.30. The van der Waals surface area contributed by atoms with Gasteiger partial charge in [0.25, 0.3) is 0 Å². The summed E-state index contributed by atoms with van der Waals surface area (Å²) in [5, 5.41) is 3.26. The molecule has 0 bridgehead atoms. The van der Waals surface area contributed by atoms with Gasteiger partial charge in [0.1, 0.15) is 0 Å². The zero-order chi connectivity index (χ0) is 12.3. The molecule has 0 aromatic heterocycles. The Kier molecular flexibility index (Phi) is 3.89. The second-order valence-corrected chi connectivity index (χ2v) is 4.62. The maximum atomic E-state index is 5.35. The monoisotopic (exact) mass is 235 g/mol. The maximum Gasteiger partial charge on any atom is 0.160 e. The van der Waals surface area contributed by atoms with Gasteiger partial charge < -0.3 is 14.8 Å². The maximum absolute atomic E-state index is 5.35. The molecule has 0 aliphatic heterocycles. The lowest BCUT2D eigenvalue weighted by atomic mass is 9.70. The molecule has 1 aliphatic carbocycles. The fourth-order valence-electron chi connectivity index (χ4n) is 2.60. The Balaban J connectivity index is 2.16. The third-order valence-corrected chi connectivity index (χ3v) is 3.72. The Hall–Kier alpha value is -1.22. The molecule has 1 aliphatic rings. The van der Waals surface area contributed by atoms with Crippen LogP contribution in [0.4, 0.5) is 0 Å². The van der Waals surface area contributed by atoms with Crippen LogP contribution in [0.25, 0.3) is 0 Å². The van der Waals surface area contributed by atoms with Gasteiger partial charge in [-0.2, -0.15) is 0 Å². The molecule has 1 fully saturated rings. The summed E-state index contributed by atoms with van der Waals surface area (Å²) in [5.74, 6) is 3.07. The molecule has 17 heavy (non-hydrogen) atoms. The van der Waals surface area contributed by atoms with Crippen LogP contribution < -0.4 is 14.8 Å². The molecule has 3 nitrogen and oxygen atoms in total. The summed E-state index contributed by atoms with van der Waals surface area (Å²) in [6, 6.07) is 6.28. The standard InChI is InChI=1S/C14H21NO2/c1-15-9-11-4-6-12(11)10-5-7-13(16-2)14(8-10)17-3/h5,7-8,11-12,15H,4,6,9H2,1-3H3. The quantitative estimate of drug-likeness (QED) is 0.850. The van der Waals surface area contributed by atoms with Crippen LogP contribution in [0.3, 0.4) is 0 Å². The van der Waals surface area contributed by atoms with E-state index in [0.29, 0.717) is 5.92 Å². The summed E-state index contributed by atoms with van der Waals surface area (Å²) in [6.07, 6.45) is 2.60. The van der Waals surface area contributed by atoms with E-state index in [0.717, 1.165) is 24.0 Å². The van der Waals surface area contributed by atoms with Gasteiger partial charge in [0.15, 0.2) is 11.5 Å². The van der Waals surface area contributed by atoms with Crippen molar-refractivity contribution in [1.29, 1.82) is 0 Å². The minimum Gasteiger partial charge on any atom is -0.493 e. The molecule has 1 N–H and O–H groups in total. The highest BCUT2D eigenvalue weighted by Gasteiger charge is 2.31. The number of ether oxygens (including phenoxy) is 2. The molecule has 94 valence electrons. The molecule has 0 spiro atoms. The zero-order valence-corrected chi connectivity index (χ0v) is 10.8. The van der Waals surface area contributed by atoms with E-state index in [9.17, 15) is 0 Å². The van der Waals surface area contributed by atoms with Crippen molar-refractivity contribution in [1.82, 2.24) is 5.32 Å². The first kappa shape index (κ1) is 12.2. The van der Waals surface area contributed by atoms with Gasteiger partial charge >= 0.3 is 0 Å². The largest absolute Gasteiger partial charge is 0.493 e. The molecule has 1 saturated carbocycles. The number of benzene rings is 1. The van der Waals surface area contributed by atoms with Crippen molar-refractivity contribution >= 4 is 0 Å². The van der Waals surface area contributed by atoms with E-state index in [1.54, 1.807) is 14.2 Å². The van der Waals surface area contributed by atoms with Crippen LogP contribution in [-0.2, 0) is 0 Å². The summed E-state index contributed by atoms with van der Waals surface area (Å²) in [4.78, 5) is 0. The number of hydrogen-bond donors (Lipinski definition) is 1. The summed E-state index contributed by atoms with van der Waals surface area (Å²) in [6.45, 7) is 1.10. The zero-order valence-electron chi connectivity index (χ0n) is 10.8. The van der Waals surface area contributed by atoms with Crippen molar-refractivity contribution in [3.8, 4) is 11.5 Å². The van der Waals surface area contributed by atoms with Gasteiger partial charge in [-0.3, -0.25) is 0 Å². The highest BCUT2D eigenvalue weighted by molar-refractivity contribution is 5.44. The van der Waals surface area contributed by atoms with Crippen molar-refractivity contribution in [3.63, 3.8) is 0 Å². The highest BCUT2D eigenvalue weighted by Crippen LogP contribution is 2.44. The Bertz CT molecular complexity index is 378. The van der Waals surface area contributed by atoms with Crippen molar-refractivity contribution < 1.29 is 9.47 Å². The van der Waals surface area contributed by atoms with Gasteiger partial charge in [0.2, 0.25) is 0 Å². The molecule has 2 unspecified atom stereocenters. The number of methoxy groups -OCH3 is 2. The van der Waals surface area contributed by atoms with Crippen LogP contribution in [-0.4, -0.2) is 27.8 Å². The molecular formula is C14H21NO2. The number of hydrogen-bond acceptors (Lipinski definition) is 3. The molecule has 0 radical (unpaired) electrons. The molecule has 2 rings (SSSR count). The lowest BCUT2D eigenvalue weighted by Gasteiger charge is -2.37. The van der Waals surface area contributed by atoms with Gasteiger partial charge in [-0.05, 0) is 56.0 Å². The lowest BCUT2D eigenvalue weighted by molar-refractivity contribution is 0.249. The second-order valence-electron chi connectivity index (χ2n) is 4.62. The number of nitrogens with one attached hydrogen (secondary N) is 1. The summed E-state index contributed by atoms with van der Waals surface area (Å²) in [7, 11) is 5.38. The molecule has 1 aromatic rings. The van der Waals surface area contributed by atoms with E-state index in [2.05, 4.69) is 17.4 Å². The molecular weight excluding hydrogens is 214 g/mol. The van der Waals surface area contributed by atoms with E-state index in [1.807, 2.05) is 13.1 Å². The molecule has 0 heterocycles. The van der Waals surface area contributed by atoms with Gasteiger partial charge in [-0.1, -0.05) is 6.07 Å². The van der Waals surface area contributed by atoms with Crippen LogP contribution in [0, 0.1) is 5.92 Å². The average molecular weight is 235 g/mol. The predicted molar refractivity (Wildman–Crippen MR) is 68.9 cm³/mol. The van der Waals surface area contributed by atoms with Crippen molar-refractivity contribution in [3.05, 3.63) is 23.8 Å². The number of rotatable bonds is 5. The average Bonchev–Trinajstić information content (AvgIpc) is 2.34. The topological polar surface area (TPSA) is 30.5 Å². The third-order valence-electron chi connectivity index (χ3n) is 3.72. The third kappa shape index (κ3) is 2.39. The van der Waals surface area contributed by atoms with Gasteiger partial charge in [0.05, 0.1) is 14.2 Å². The Labute approximate surface area is 103 Å². The summed E-state index contributed by atoms with van der Waals surface area (Å²) < 4.78 is 10.6.